The second-order valence-corrected chi connectivity index (χ2v) is 8.59. The van der Waals surface area contributed by atoms with Gasteiger partial charge >= 0.3 is 6.18 Å². The zero-order chi connectivity index (χ0) is 28.9. The van der Waals surface area contributed by atoms with Gasteiger partial charge in [0.15, 0.2) is 5.69 Å². The van der Waals surface area contributed by atoms with Crippen molar-refractivity contribution in [3.63, 3.8) is 0 Å². The molecule has 1 N–H and O–H groups in total. The lowest BCUT2D eigenvalue weighted by Crippen LogP contribution is -2.27. The summed E-state index contributed by atoms with van der Waals surface area (Å²) in [5.41, 5.74) is -1.57. The van der Waals surface area contributed by atoms with Crippen molar-refractivity contribution in [1.82, 2.24) is 19.5 Å². The van der Waals surface area contributed by atoms with Crippen LogP contribution in [0.25, 0.3) is 0 Å². The zero-order valence-corrected chi connectivity index (χ0v) is 21.7. The smallest absolute Gasteiger partial charge is 0.437 e. The largest absolute Gasteiger partial charge is 0.497 e. The molecule has 206 valence electrons. The van der Waals surface area contributed by atoms with E-state index >= 15 is 0 Å². The van der Waals surface area contributed by atoms with Crippen LogP contribution in [0.2, 0.25) is 5.02 Å². The molecule has 4 aromatic rings. The van der Waals surface area contributed by atoms with Crippen LogP contribution in [-0.4, -0.2) is 33.7 Å². The van der Waals surface area contributed by atoms with E-state index in [2.05, 4.69) is 20.3 Å². The average Bonchev–Trinajstić information content (AvgIpc) is 2.93. The monoisotopic (exact) mass is 572 g/mol. The summed E-state index contributed by atoms with van der Waals surface area (Å²) in [6.07, 6.45) is -2.88. The van der Waals surface area contributed by atoms with Crippen molar-refractivity contribution in [1.29, 1.82) is 5.26 Å². The van der Waals surface area contributed by atoms with Crippen LogP contribution in [0.5, 0.6) is 23.1 Å². The highest BCUT2D eigenvalue weighted by atomic mass is 35.5. The molecular weight excluding hydrogens is 553 g/mol. The van der Waals surface area contributed by atoms with Gasteiger partial charge in [0.2, 0.25) is 17.6 Å². The van der Waals surface area contributed by atoms with E-state index in [1.807, 2.05) is 6.07 Å². The number of alkyl halides is 3. The number of nitriles is 1. The Kier molecular flexibility index (Phi) is 8.40. The summed E-state index contributed by atoms with van der Waals surface area (Å²) in [5.74, 6) is -0.341. The zero-order valence-electron chi connectivity index (χ0n) is 21.0. The van der Waals surface area contributed by atoms with Gasteiger partial charge in [0.25, 0.3) is 5.56 Å². The van der Waals surface area contributed by atoms with Crippen LogP contribution >= 0.6 is 11.6 Å². The maximum atomic E-state index is 13.7. The Morgan fingerprint density at radius 2 is 1.88 bits per heavy atom. The first kappa shape index (κ1) is 28.2. The number of halogens is 4. The van der Waals surface area contributed by atoms with Crippen LogP contribution in [0.15, 0.2) is 59.8 Å². The van der Waals surface area contributed by atoms with Crippen molar-refractivity contribution in [2.45, 2.75) is 19.3 Å². The van der Waals surface area contributed by atoms with Gasteiger partial charge < -0.3 is 19.5 Å². The lowest BCUT2D eigenvalue weighted by atomic mass is 10.2. The molecule has 0 aliphatic rings. The fourth-order valence-electron chi connectivity index (χ4n) is 3.48. The Morgan fingerprint density at radius 3 is 2.52 bits per heavy atom. The molecule has 2 aromatic heterocycles. The summed E-state index contributed by atoms with van der Waals surface area (Å²) in [6.45, 7) is -0.192. The number of anilines is 1. The normalized spacial score (nSPS) is 11.0. The summed E-state index contributed by atoms with van der Waals surface area (Å²) < 4.78 is 58.5. The van der Waals surface area contributed by atoms with E-state index < -0.39 is 23.2 Å². The molecule has 0 aliphatic heterocycles. The molecule has 0 saturated heterocycles. The first-order chi connectivity index (χ1) is 19.1. The van der Waals surface area contributed by atoms with Crippen LogP contribution in [-0.2, 0) is 19.3 Å². The minimum atomic E-state index is -5.01. The molecule has 0 unspecified atom stereocenters. The molecule has 0 bridgehead atoms. The number of hydrogen-bond donors (Lipinski definition) is 1. The van der Waals surface area contributed by atoms with E-state index in [0.717, 1.165) is 22.5 Å². The number of methoxy groups -OCH3 is 1. The Morgan fingerprint density at radius 1 is 1.12 bits per heavy atom. The van der Waals surface area contributed by atoms with Gasteiger partial charge in [-0.1, -0.05) is 23.7 Å². The topological polar surface area (TPSA) is 124 Å². The molecule has 0 amide bonds. The van der Waals surface area contributed by atoms with Crippen LogP contribution in [0.4, 0.5) is 19.1 Å². The van der Waals surface area contributed by atoms with Crippen molar-refractivity contribution in [3.8, 4) is 29.2 Å². The maximum absolute atomic E-state index is 13.7. The summed E-state index contributed by atoms with van der Waals surface area (Å²) in [6, 6.07) is 12.5. The Bertz CT molecular complexity index is 1620. The molecule has 40 heavy (non-hydrogen) atoms. The molecule has 0 atom stereocenters. The highest BCUT2D eigenvalue weighted by molar-refractivity contribution is 6.30. The Hall–Kier alpha value is -4.83. The first-order valence-electron chi connectivity index (χ1n) is 11.5. The van der Waals surface area contributed by atoms with Crippen molar-refractivity contribution >= 4 is 17.5 Å². The predicted octanol–water partition coefficient (Wildman–Crippen LogP) is 5.05. The van der Waals surface area contributed by atoms with Crippen molar-refractivity contribution in [2.24, 2.45) is 0 Å². The first-order valence-corrected chi connectivity index (χ1v) is 11.8. The fourth-order valence-corrected chi connectivity index (χ4v) is 3.71. The molecule has 0 spiro atoms. The second kappa shape index (κ2) is 11.9. The van der Waals surface area contributed by atoms with Gasteiger partial charge in [-0.3, -0.25) is 9.36 Å². The number of ether oxygens (including phenoxy) is 3. The van der Waals surface area contributed by atoms with Gasteiger partial charge in [0.05, 0.1) is 37.2 Å². The molecule has 0 aliphatic carbocycles. The number of hydrogen-bond acceptors (Lipinski definition) is 9. The fraction of sp³-hybridized carbons (Fsp3) is 0.192. The van der Waals surface area contributed by atoms with Gasteiger partial charge in [-0.05, 0) is 35.9 Å². The summed E-state index contributed by atoms with van der Waals surface area (Å²) in [5, 5.41) is 12.0. The van der Waals surface area contributed by atoms with E-state index in [0.29, 0.717) is 5.75 Å². The van der Waals surface area contributed by atoms with Gasteiger partial charge in [-0.15, -0.1) is 0 Å². The van der Waals surface area contributed by atoms with Crippen LogP contribution in [0.3, 0.4) is 0 Å². The van der Waals surface area contributed by atoms with Gasteiger partial charge in [0, 0.05) is 18.3 Å². The second-order valence-electron chi connectivity index (χ2n) is 8.15. The molecule has 0 radical (unpaired) electrons. The predicted molar refractivity (Wildman–Crippen MR) is 138 cm³/mol. The minimum absolute atomic E-state index is 0.0284. The van der Waals surface area contributed by atoms with Gasteiger partial charge in [-0.2, -0.15) is 23.4 Å². The molecule has 0 fully saturated rings. The van der Waals surface area contributed by atoms with E-state index in [4.69, 9.17) is 31.1 Å². The number of rotatable bonds is 9. The SMILES string of the molecule is CNc1ncc(Cn2cnc(C(F)(F)F)c(Oc3cc(Cl)cc(C#N)c3)c2=O)c(OCc2ccc(OC)cc2)n1. The summed E-state index contributed by atoms with van der Waals surface area (Å²) >= 11 is 5.94. The number of benzene rings is 2. The highest BCUT2D eigenvalue weighted by Gasteiger charge is 2.39. The minimum Gasteiger partial charge on any atom is -0.497 e. The third kappa shape index (κ3) is 6.59. The van der Waals surface area contributed by atoms with Crippen molar-refractivity contribution < 1.29 is 27.4 Å². The lowest BCUT2D eigenvalue weighted by Gasteiger charge is -2.16. The van der Waals surface area contributed by atoms with Crippen molar-refractivity contribution in [2.75, 3.05) is 19.5 Å². The number of nitrogens with zero attached hydrogens (tertiary/aromatic N) is 5. The molecule has 10 nitrogen and oxygen atoms in total. The highest BCUT2D eigenvalue weighted by Crippen LogP contribution is 2.35. The van der Waals surface area contributed by atoms with Crippen LogP contribution in [0.1, 0.15) is 22.4 Å². The molecule has 2 aromatic carbocycles. The quantitative estimate of drug-likeness (QED) is 0.293. The molecular formula is C26H20ClF3N6O4. The summed E-state index contributed by atoms with van der Waals surface area (Å²) in [4.78, 5) is 25.1. The number of nitrogens with one attached hydrogen (secondary N) is 1. The van der Waals surface area contributed by atoms with E-state index in [-0.39, 0.29) is 46.9 Å². The summed E-state index contributed by atoms with van der Waals surface area (Å²) in [7, 11) is 3.15. The van der Waals surface area contributed by atoms with E-state index in [9.17, 15) is 18.0 Å². The van der Waals surface area contributed by atoms with Crippen LogP contribution < -0.4 is 25.1 Å². The van der Waals surface area contributed by atoms with E-state index in [1.54, 1.807) is 38.4 Å². The van der Waals surface area contributed by atoms with Gasteiger partial charge in [0.1, 0.15) is 18.1 Å². The third-order valence-electron chi connectivity index (χ3n) is 5.41. The molecule has 2 heterocycles. The van der Waals surface area contributed by atoms with Crippen LogP contribution in [0, 0.1) is 11.3 Å². The lowest BCUT2D eigenvalue weighted by molar-refractivity contribution is -0.142. The number of aromatic nitrogens is 4. The average molecular weight is 573 g/mol. The molecule has 14 heteroatoms. The molecule has 0 saturated carbocycles. The van der Waals surface area contributed by atoms with Crippen molar-refractivity contribution in [3.05, 3.63) is 92.7 Å². The standard InChI is InChI=1S/C26H20ClF3N6O4/c1-32-25-33-11-17(23(35-25)39-13-15-3-5-19(38-2)6-4-15)12-36-14-34-22(26(28,29)30)21(24(36)37)40-20-8-16(10-31)7-18(27)9-20/h3-9,11,14H,12-13H2,1-2H3,(H,32,33,35). The third-order valence-corrected chi connectivity index (χ3v) is 5.63. The Labute approximate surface area is 230 Å². The van der Waals surface area contributed by atoms with Gasteiger partial charge in [-0.25, -0.2) is 9.97 Å². The van der Waals surface area contributed by atoms with E-state index in [1.165, 1.54) is 18.3 Å². The maximum Gasteiger partial charge on any atom is 0.437 e. The Balaban J connectivity index is 1.69. The molecule has 4 rings (SSSR count).